The Bertz CT molecular complexity index is 660. The van der Waals surface area contributed by atoms with Crippen LogP contribution in [-0.4, -0.2) is 50.1 Å². The molecule has 4 rings (SSSR count). The average Bonchev–Trinajstić information content (AvgIpc) is 2.82. The molecule has 1 aromatic heterocycles. The van der Waals surface area contributed by atoms with E-state index in [0.29, 0.717) is 11.5 Å². The molecule has 1 aromatic rings. The Hall–Kier alpha value is -0.960. The summed E-state index contributed by atoms with van der Waals surface area (Å²) < 4.78 is 27.9. The summed E-state index contributed by atoms with van der Waals surface area (Å²) in [5, 5.41) is 10.7. The number of piperidine rings is 3. The van der Waals surface area contributed by atoms with Gasteiger partial charge in [-0.1, -0.05) is 0 Å². The van der Waals surface area contributed by atoms with Crippen molar-refractivity contribution in [1.82, 2.24) is 9.62 Å². The SMILES string of the molecule is Cc1csc(C(=O)O)c1S(=O)(=O)NC1CN2CCC1CC2. The first-order valence-corrected chi connectivity index (χ1v) is 9.31. The van der Waals surface area contributed by atoms with Crippen molar-refractivity contribution in [3.05, 3.63) is 15.8 Å². The number of fused-ring (bicyclic) bond motifs is 3. The molecule has 1 atom stereocenters. The summed E-state index contributed by atoms with van der Waals surface area (Å²) in [6.07, 6.45) is 2.00. The van der Waals surface area contributed by atoms with E-state index in [2.05, 4.69) is 9.62 Å². The smallest absolute Gasteiger partial charge is 0.347 e. The molecule has 8 heteroatoms. The number of nitrogens with one attached hydrogen (secondary N) is 1. The molecule has 0 spiro atoms. The second-order valence-corrected chi connectivity index (χ2v) is 8.28. The van der Waals surface area contributed by atoms with Crippen molar-refractivity contribution in [3.8, 4) is 0 Å². The lowest BCUT2D eigenvalue weighted by Crippen LogP contribution is -2.57. The lowest BCUT2D eigenvalue weighted by Gasteiger charge is -2.44. The van der Waals surface area contributed by atoms with E-state index in [4.69, 9.17) is 5.11 Å². The van der Waals surface area contributed by atoms with Crippen molar-refractivity contribution < 1.29 is 18.3 Å². The van der Waals surface area contributed by atoms with Gasteiger partial charge in [-0.15, -0.1) is 11.3 Å². The minimum absolute atomic E-state index is 0.0727. The maximum atomic E-state index is 12.6. The van der Waals surface area contributed by atoms with Crippen LogP contribution in [-0.2, 0) is 10.0 Å². The Morgan fingerprint density at radius 2 is 2.10 bits per heavy atom. The lowest BCUT2D eigenvalue weighted by atomic mass is 9.85. The van der Waals surface area contributed by atoms with E-state index in [1.54, 1.807) is 12.3 Å². The van der Waals surface area contributed by atoms with E-state index in [9.17, 15) is 13.2 Å². The number of sulfonamides is 1. The van der Waals surface area contributed by atoms with Crippen LogP contribution in [0.4, 0.5) is 0 Å². The number of nitrogens with zero attached hydrogens (tertiary/aromatic N) is 1. The summed E-state index contributed by atoms with van der Waals surface area (Å²) in [6, 6.07) is -0.113. The minimum atomic E-state index is -3.79. The van der Waals surface area contributed by atoms with Crippen LogP contribution < -0.4 is 4.72 Å². The summed E-state index contributed by atoms with van der Waals surface area (Å²) in [7, 11) is -3.79. The quantitative estimate of drug-likeness (QED) is 0.864. The maximum Gasteiger partial charge on any atom is 0.347 e. The van der Waals surface area contributed by atoms with Gasteiger partial charge in [-0.2, -0.15) is 0 Å². The Morgan fingerprint density at radius 1 is 1.43 bits per heavy atom. The van der Waals surface area contributed by atoms with Gasteiger partial charge in [0.05, 0.1) is 0 Å². The van der Waals surface area contributed by atoms with Gasteiger partial charge in [0.15, 0.2) is 0 Å². The molecule has 0 radical (unpaired) electrons. The van der Waals surface area contributed by atoms with Crippen LogP contribution in [0.15, 0.2) is 10.3 Å². The van der Waals surface area contributed by atoms with Crippen molar-refractivity contribution in [3.63, 3.8) is 0 Å². The molecule has 116 valence electrons. The number of aromatic carboxylic acids is 1. The summed E-state index contributed by atoms with van der Waals surface area (Å²) in [5.41, 5.74) is 0.492. The van der Waals surface area contributed by atoms with Crippen LogP contribution in [0, 0.1) is 12.8 Å². The highest BCUT2D eigenvalue weighted by Crippen LogP contribution is 2.31. The number of carboxylic acid groups (broad SMARTS) is 1. The van der Waals surface area contributed by atoms with E-state index in [1.807, 2.05) is 0 Å². The zero-order valence-electron chi connectivity index (χ0n) is 11.7. The third-order valence-electron chi connectivity index (χ3n) is 4.34. The normalized spacial score (nSPS) is 28.7. The van der Waals surface area contributed by atoms with Gasteiger partial charge in [0.2, 0.25) is 10.0 Å². The minimum Gasteiger partial charge on any atom is -0.477 e. The van der Waals surface area contributed by atoms with Gasteiger partial charge < -0.3 is 10.0 Å². The standard InChI is InChI=1S/C13H18N2O4S2/c1-8-7-20-11(13(16)17)12(8)21(18,19)14-10-6-15-4-2-9(10)3-5-15/h7,9-10,14H,2-6H2,1H3,(H,16,17). The molecule has 0 amide bonds. The third-order valence-corrected chi connectivity index (χ3v) is 7.24. The topological polar surface area (TPSA) is 86.7 Å². The zero-order chi connectivity index (χ0) is 15.2. The molecule has 3 fully saturated rings. The van der Waals surface area contributed by atoms with Gasteiger partial charge in [0.25, 0.3) is 0 Å². The predicted octanol–water partition coefficient (Wildman–Crippen LogP) is 1.13. The molecule has 0 aromatic carbocycles. The van der Waals surface area contributed by atoms with Crippen molar-refractivity contribution in [2.24, 2.45) is 5.92 Å². The van der Waals surface area contributed by atoms with E-state index >= 15 is 0 Å². The molecule has 4 heterocycles. The highest BCUT2D eigenvalue weighted by molar-refractivity contribution is 7.89. The van der Waals surface area contributed by atoms with Gasteiger partial charge in [-0.3, -0.25) is 0 Å². The average molecular weight is 330 g/mol. The number of carbonyl (C=O) groups is 1. The number of carboxylic acids is 1. The lowest BCUT2D eigenvalue weighted by molar-refractivity contribution is 0.0697. The van der Waals surface area contributed by atoms with Gasteiger partial charge >= 0.3 is 5.97 Å². The van der Waals surface area contributed by atoms with Crippen LogP contribution in [0.2, 0.25) is 0 Å². The Labute approximate surface area is 127 Å². The summed E-state index contributed by atoms with van der Waals surface area (Å²) in [6.45, 7) is 4.41. The number of aryl methyl sites for hydroxylation is 1. The van der Waals surface area contributed by atoms with E-state index in [0.717, 1.165) is 43.8 Å². The van der Waals surface area contributed by atoms with Crippen LogP contribution in [0.25, 0.3) is 0 Å². The fourth-order valence-electron chi connectivity index (χ4n) is 3.27. The van der Waals surface area contributed by atoms with Gasteiger partial charge in [-0.25, -0.2) is 17.9 Å². The Kier molecular flexibility index (Phi) is 3.81. The van der Waals surface area contributed by atoms with E-state index in [1.165, 1.54) is 0 Å². The summed E-state index contributed by atoms with van der Waals surface area (Å²) in [5.74, 6) is -0.834. The molecule has 2 N–H and O–H groups in total. The fraction of sp³-hybridized carbons (Fsp3) is 0.615. The molecule has 2 bridgehead atoms. The first-order chi connectivity index (χ1) is 9.88. The fourth-order valence-corrected chi connectivity index (χ4v) is 6.20. The predicted molar refractivity (Wildman–Crippen MR) is 79.3 cm³/mol. The highest BCUT2D eigenvalue weighted by atomic mass is 32.2. The first kappa shape index (κ1) is 15.0. The monoisotopic (exact) mass is 330 g/mol. The molecule has 21 heavy (non-hydrogen) atoms. The van der Waals surface area contributed by atoms with Crippen LogP contribution in [0.3, 0.4) is 0 Å². The first-order valence-electron chi connectivity index (χ1n) is 6.94. The molecule has 6 nitrogen and oxygen atoms in total. The molecule has 3 aliphatic rings. The van der Waals surface area contributed by atoms with Crippen molar-refractivity contribution in [2.75, 3.05) is 19.6 Å². The number of rotatable bonds is 4. The molecule has 0 aliphatic carbocycles. The van der Waals surface area contributed by atoms with Crippen LogP contribution in [0.1, 0.15) is 28.1 Å². The molecular formula is C13H18N2O4S2. The van der Waals surface area contributed by atoms with E-state index in [-0.39, 0.29) is 15.8 Å². The Balaban J connectivity index is 1.88. The zero-order valence-corrected chi connectivity index (χ0v) is 13.3. The van der Waals surface area contributed by atoms with Gasteiger partial charge in [0.1, 0.15) is 9.77 Å². The second kappa shape index (κ2) is 5.35. The van der Waals surface area contributed by atoms with Gasteiger partial charge in [-0.05, 0) is 49.7 Å². The molecule has 1 unspecified atom stereocenters. The van der Waals surface area contributed by atoms with Crippen molar-refractivity contribution >= 4 is 27.3 Å². The molecule has 3 aliphatic heterocycles. The highest BCUT2D eigenvalue weighted by Gasteiger charge is 2.38. The summed E-state index contributed by atoms with van der Waals surface area (Å²) >= 11 is 0.959. The third kappa shape index (κ3) is 2.73. The number of thiophene rings is 1. The van der Waals surface area contributed by atoms with E-state index < -0.39 is 16.0 Å². The second-order valence-electron chi connectivity index (χ2n) is 5.75. The van der Waals surface area contributed by atoms with Crippen LogP contribution >= 0.6 is 11.3 Å². The summed E-state index contributed by atoms with van der Waals surface area (Å²) in [4.78, 5) is 13.3. The molecule has 0 saturated carbocycles. The van der Waals surface area contributed by atoms with Gasteiger partial charge in [0, 0.05) is 12.6 Å². The molecular weight excluding hydrogens is 312 g/mol. The Morgan fingerprint density at radius 3 is 2.62 bits per heavy atom. The largest absolute Gasteiger partial charge is 0.477 e. The molecule has 3 saturated heterocycles. The number of hydrogen-bond donors (Lipinski definition) is 2. The maximum absolute atomic E-state index is 12.6. The van der Waals surface area contributed by atoms with Crippen molar-refractivity contribution in [1.29, 1.82) is 0 Å². The van der Waals surface area contributed by atoms with Crippen LogP contribution in [0.5, 0.6) is 0 Å². The van der Waals surface area contributed by atoms with Crippen molar-refractivity contribution in [2.45, 2.75) is 30.7 Å². The number of hydrogen-bond acceptors (Lipinski definition) is 5.